The van der Waals surface area contributed by atoms with Crippen molar-refractivity contribution in [2.75, 3.05) is 6.54 Å². The number of rotatable bonds is 7. The molecule has 3 aromatic rings. The minimum Gasteiger partial charge on any atom is -0.451 e. The predicted molar refractivity (Wildman–Crippen MR) is 108 cm³/mol. The van der Waals surface area contributed by atoms with Gasteiger partial charge in [-0.2, -0.15) is 0 Å². The van der Waals surface area contributed by atoms with Crippen LogP contribution in [-0.2, 0) is 20.9 Å². The summed E-state index contributed by atoms with van der Waals surface area (Å²) < 4.78 is 6.27. The Morgan fingerprint density at radius 3 is 2.82 bits per heavy atom. The molecular formula is C20H19N3O4S. The summed E-state index contributed by atoms with van der Waals surface area (Å²) in [6.45, 7) is 4.92. The lowest BCUT2D eigenvalue weighted by molar-refractivity contribution is -0.155. The topological polar surface area (TPSA) is 90.3 Å². The molecule has 0 unspecified atom stereocenters. The Balaban J connectivity index is 1.76. The van der Waals surface area contributed by atoms with E-state index in [0.29, 0.717) is 10.2 Å². The number of hydrogen-bond acceptors (Lipinski definition) is 6. The van der Waals surface area contributed by atoms with Crippen LogP contribution in [0.3, 0.4) is 0 Å². The van der Waals surface area contributed by atoms with Crippen LogP contribution in [0.15, 0.2) is 60.2 Å². The monoisotopic (exact) mass is 397 g/mol. The molecule has 144 valence electrons. The first-order valence-corrected chi connectivity index (χ1v) is 9.43. The minimum atomic E-state index is -0.967. The van der Waals surface area contributed by atoms with Gasteiger partial charge >= 0.3 is 5.97 Å². The van der Waals surface area contributed by atoms with E-state index in [1.165, 1.54) is 35.2 Å². The van der Waals surface area contributed by atoms with Gasteiger partial charge in [-0.05, 0) is 18.6 Å². The van der Waals surface area contributed by atoms with Crippen molar-refractivity contribution in [2.24, 2.45) is 0 Å². The van der Waals surface area contributed by atoms with Crippen LogP contribution in [0.2, 0.25) is 0 Å². The molecule has 1 atom stereocenters. The number of thiophene rings is 1. The van der Waals surface area contributed by atoms with Gasteiger partial charge in [0.05, 0.1) is 11.7 Å². The van der Waals surface area contributed by atoms with Gasteiger partial charge in [0.2, 0.25) is 0 Å². The van der Waals surface area contributed by atoms with Gasteiger partial charge in [-0.15, -0.1) is 17.9 Å². The lowest BCUT2D eigenvalue weighted by Gasteiger charge is -2.13. The second-order valence-corrected chi connectivity index (χ2v) is 7.07. The first-order chi connectivity index (χ1) is 13.5. The zero-order valence-electron chi connectivity index (χ0n) is 15.3. The van der Waals surface area contributed by atoms with Crippen LogP contribution in [0.1, 0.15) is 6.92 Å². The molecular weight excluding hydrogens is 378 g/mol. The van der Waals surface area contributed by atoms with Gasteiger partial charge in [0, 0.05) is 11.4 Å². The number of nitrogens with one attached hydrogen (secondary N) is 1. The van der Waals surface area contributed by atoms with Crippen LogP contribution in [0.25, 0.3) is 20.7 Å². The number of fused-ring (bicyclic) bond motifs is 1. The number of hydrogen-bond donors (Lipinski definition) is 1. The average molecular weight is 397 g/mol. The Morgan fingerprint density at radius 1 is 1.36 bits per heavy atom. The lowest BCUT2D eigenvalue weighted by atomic mass is 10.2. The van der Waals surface area contributed by atoms with Gasteiger partial charge < -0.3 is 10.1 Å². The summed E-state index contributed by atoms with van der Waals surface area (Å²) in [7, 11) is 0. The number of aromatic nitrogens is 2. The average Bonchev–Trinajstić information content (AvgIpc) is 3.14. The van der Waals surface area contributed by atoms with Crippen molar-refractivity contribution in [3.05, 3.63) is 65.7 Å². The molecule has 7 nitrogen and oxygen atoms in total. The molecule has 2 aromatic heterocycles. The number of nitrogens with zero attached hydrogens (tertiary/aromatic N) is 2. The van der Waals surface area contributed by atoms with E-state index in [1.54, 1.807) is 6.07 Å². The fourth-order valence-corrected chi connectivity index (χ4v) is 3.56. The standard InChI is InChI=1S/C20H19N3O4S/c1-3-9-21-18(25)13(2)27-17(24)11-23-12-22-19-15(20(23)26)10-16(28-19)14-7-5-4-6-8-14/h3-8,10,12-13H,1,9,11H2,2H3,(H,21,25)/t13-/m0/s1. The fourth-order valence-electron chi connectivity index (χ4n) is 2.56. The van der Waals surface area contributed by atoms with Gasteiger partial charge in [0.15, 0.2) is 6.10 Å². The van der Waals surface area contributed by atoms with Crippen molar-refractivity contribution in [2.45, 2.75) is 19.6 Å². The SMILES string of the molecule is C=CCNC(=O)[C@H](C)OC(=O)Cn1cnc2sc(-c3ccccc3)cc2c1=O. The Morgan fingerprint density at radius 2 is 2.11 bits per heavy atom. The maximum absolute atomic E-state index is 12.7. The summed E-state index contributed by atoms with van der Waals surface area (Å²) >= 11 is 1.41. The number of amides is 1. The van der Waals surface area contributed by atoms with Crippen molar-refractivity contribution in [1.82, 2.24) is 14.9 Å². The van der Waals surface area contributed by atoms with E-state index >= 15 is 0 Å². The van der Waals surface area contributed by atoms with E-state index in [0.717, 1.165) is 10.4 Å². The Hall–Kier alpha value is -3.26. The van der Waals surface area contributed by atoms with E-state index in [-0.39, 0.29) is 18.6 Å². The molecule has 1 aromatic carbocycles. The van der Waals surface area contributed by atoms with Crippen LogP contribution in [0.5, 0.6) is 0 Å². The highest BCUT2D eigenvalue weighted by Crippen LogP contribution is 2.30. The van der Waals surface area contributed by atoms with E-state index < -0.39 is 18.0 Å². The quantitative estimate of drug-likeness (QED) is 0.488. The van der Waals surface area contributed by atoms with Crippen LogP contribution in [-0.4, -0.2) is 34.1 Å². The van der Waals surface area contributed by atoms with Crippen molar-refractivity contribution < 1.29 is 14.3 Å². The molecule has 8 heteroatoms. The number of carbonyl (C=O) groups is 2. The largest absolute Gasteiger partial charge is 0.451 e. The molecule has 0 saturated heterocycles. The van der Waals surface area contributed by atoms with E-state index in [2.05, 4.69) is 16.9 Å². The number of carbonyl (C=O) groups excluding carboxylic acids is 2. The fraction of sp³-hybridized carbons (Fsp3) is 0.200. The Kier molecular flexibility index (Phi) is 6.00. The molecule has 28 heavy (non-hydrogen) atoms. The van der Waals surface area contributed by atoms with Crippen LogP contribution in [0.4, 0.5) is 0 Å². The molecule has 1 N–H and O–H groups in total. The molecule has 0 aliphatic heterocycles. The Bertz CT molecular complexity index is 1070. The van der Waals surface area contributed by atoms with Gasteiger partial charge in [0.25, 0.3) is 11.5 Å². The molecule has 0 aliphatic rings. The molecule has 1 amide bonds. The number of ether oxygens (including phenoxy) is 1. The zero-order chi connectivity index (χ0) is 20.1. The maximum Gasteiger partial charge on any atom is 0.326 e. The minimum absolute atomic E-state index is 0.280. The molecule has 0 bridgehead atoms. The number of benzene rings is 1. The van der Waals surface area contributed by atoms with Gasteiger partial charge in [-0.3, -0.25) is 19.0 Å². The smallest absolute Gasteiger partial charge is 0.326 e. The summed E-state index contributed by atoms with van der Waals surface area (Å²) in [6.07, 6.45) is 1.88. The zero-order valence-corrected chi connectivity index (χ0v) is 16.1. The van der Waals surface area contributed by atoms with Crippen molar-refractivity contribution in [3.63, 3.8) is 0 Å². The van der Waals surface area contributed by atoms with E-state index in [9.17, 15) is 14.4 Å². The summed E-state index contributed by atoms with van der Waals surface area (Å²) in [4.78, 5) is 42.4. The third kappa shape index (κ3) is 4.34. The molecule has 0 radical (unpaired) electrons. The van der Waals surface area contributed by atoms with E-state index in [1.807, 2.05) is 30.3 Å². The molecule has 3 rings (SSSR count). The first kappa shape index (κ1) is 19.5. The summed E-state index contributed by atoms with van der Waals surface area (Å²) in [5, 5.41) is 2.98. The van der Waals surface area contributed by atoms with Crippen molar-refractivity contribution >= 4 is 33.4 Å². The van der Waals surface area contributed by atoms with Gasteiger partial charge in [-0.25, -0.2) is 4.98 Å². The second kappa shape index (κ2) is 8.62. The molecule has 0 saturated carbocycles. The van der Waals surface area contributed by atoms with Crippen molar-refractivity contribution in [3.8, 4) is 10.4 Å². The molecule has 0 fully saturated rings. The van der Waals surface area contributed by atoms with Crippen LogP contribution < -0.4 is 10.9 Å². The normalized spacial score (nSPS) is 11.8. The summed E-state index contributed by atoms with van der Waals surface area (Å²) in [5.74, 6) is -1.12. The van der Waals surface area contributed by atoms with Crippen LogP contribution in [0, 0.1) is 0 Å². The maximum atomic E-state index is 12.7. The number of esters is 1. The summed E-state index contributed by atoms with van der Waals surface area (Å²) in [5.41, 5.74) is 0.666. The third-order valence-corrected chi connectivity index (χ3v) is 5.07. The molecule has 2 heterocycles. The highest BCUT2D eigenvalue weighted by molar-refractivity contribution is 7.21. The van der Waals surface area contributed by atoms with Crippen LogP contribution >= 0.6 is 11.3 Å². The molecule has 0 aliphatic carbocycles. The Labute approximate surface area is 165 Å². The predicted octanol–water partition coefficient (Wildman–Crippen LogP) is 2.36. The van der Waals surface area contributed by atoms with E-state index in [4.69, 9.17) is 4.74 Å². The highest BCUT2D eigenvalue weighted by Gasteiger charge is 2.18. The molecule has 0 spiro atoms. The first-order valence-electron chi connectivity index (χ1n) is 8.62. The second-order valence-electron chi connectivity index (χ2n) is 6.04. The lowest BCUT2D eigenvalue weighted by Crippen LogP contribution is -2.37. The summed E-state index contributed by atoms with van der Waals surface area (Å²) in [6, 6.07) is 11.5. The third-order valence-electron chi connectivity index (χ3n) is 3.97. The van der Waals surface area contributed by atoms with Crippen molar-refractivity contribution in [1.29, 1.82) is 0 Å². The highest BCUT2D eigenvalue weighted by atomic mass is 32.1. The van der Waals surface area contributed by atoms with Gasteiger partial charge in [-0.1, -0.05) is 36.4 Å². The van der Waals surface area contributed by atoms with Gasteiger partial charge in [0.1, 0.15) is 11.4 Å².